The molecule has 0 aliphatic carbocycles. The molecule has 22 heavy (non-hydrogen) atoms. The van der Waals surface area contributed by atoms with Gasteiger partial charge in [-0.2, -0.15) is 4.98 Å². The summed E-state index contributed by atoms with van der Waals surface area (Å²) in [5, 5.41) is 8.91. The average molecular weight is 316 g/mol. The highest BCUT2D eigenvalue weighted by Gasteiger charge is 2.15. The molecule has 1 aromatic carbocycles. The summed E-state index contributed by atoms with van der Waals surface area (Å²) in [6.45, 7) is 3.99. The molecular weight excluding hydrogens is 300 g/mol. The molecule has 0 aliphatic rings. The van der Waals surface area contributed by atoms with Crippen LogP contribution < -0.4 is 5.56 Å². The van der Waals surface area contributed by atoms with Gasteiger partial charge in [-0.25, -0.2) is 0 Å². The number of carbonyl (C=O) groups is 1. The third-order valence-corrected chi connectivity index (χ3v) is 4.78. The van der Waals surface area contributed by atoms with E-state index in [0.717, 1.165) is 33.5 Å². The van der Waals surface area contributed by atoms with E-state index < -0.39 is 5.97 Å². The third-order valence-electron chi connectivity index (χ3n) is 3.78. The Morgan fingerprint density at radius 2 is 2.09 bits per heavy atom. The van der Waals surface area contributed by atoms with Crippen LogP contribution in [-0.4, -0.2) is 20.5 Å². The van der Waals surface area contributed by atoms with Crippen LogP contribution in [-0.2, 0) is 24.1 Å². The minimum atomic E-state index is -0.851. The molecule has 0 aliphatic heterocycles. The number of aromatic nitrogens is 2. The van der Waals surface area contributed by atoms with E-state index in [-0.39, 0.29) is 12.0 Å². The van der Waals surface area contributed by atoms with Crippen LogP contribution in [0.3, 0.4) is 0 Å². The van der Waals surface area contributed by atoms with Gasteiger partial charge < -0.3 is 5.11 Å². The summed E-state index contributed by atoms with van der Waals surface area (Å²) in [5.41, 5.74) is 3.33. The lowest BCUT2D eigenvalue weighted by molar-refractivity contribution is -0.136. The number of hydrogen-bond donors (Lipinski definition) is 1. The topological polar surface area (TPSA) is 71.7 Å². The lowest BCUT2D eigenvalue weighted by Gasteiger charge is -2.08. The van der Waals surface area contributed by atoms with E-state index in [0.29, 0.717) is 11.4 Å². The number of aliphatic carboxylic acids is 1. The van der Waals surface area contributed by atoms with E-state index in [2.05, 4.69) is 4.98 Å². The molecule has 0 fully saturated rings. The summed E-state index contributed by atoms with van der Waals surface area (Å²) in [4.78, 5) is 27.8. The van der Waals surface area contributed by atoms with E-state index in [1.54, 1.807) is 0 Å². The molecule has 0 spiro atoms. The van der Waals surface area contributed by atoms with Crippen molar-refractivity contribution in [1.82, 2.24) is 9.38 Å². The molecule has 0 unspecified atom stereocenters. The number of thiazole rings is 1. The fourth-order valence-electron chi connectivity index (χ4n) is 2.83. The highest BCUT2D eigenvalue weighted by Crippen LogP contribution is 2.28. The van der Waals surface area contributed by atoms with Gasteiger partial charge in [-0.1, -0.05) is 31.3 Å². The zero-order valence-corrected chi connectivity index (χ0v) is 13.2. The first kappa shape index (κ1) is 14.7. The predicted octanol–water partition coefficient (Wildman–Crippen LogP) is 2.66. The molecule has 0 atom stereocenters. The van der Waals surface area contributed by atoms with Gasteiger partial charge in [0, 0.05) is 11.3 Å². The maximum Gasteiger partial charge on any atom is 0.307 e. The summed E-state index contributed by atoms with van der Waals surface area (Å²) in [6, 6.07) is 5.62. The van der Waals surface area contributed by atoms with Crippen LogP contribution in [0.1, 0.15) is 30.7 Å². The smallest absolute Gasteiger partial charge is 0.307 e. The number of aryl methyl sites for hydroxylation is 1. The van der Waals surface area contributed by atoms with Crippen molar-refractivity contribution in [2.75, 3.05) is 0 Å². The van der Waals surface area contributed by atoms with Gasteiger partial charge in [0.15, 0.2) is 4.96 Å². The monoisotopic (exact) mass is 316 g/mol. The lowest BCUT2D eigenvalue weighted by Crippen LogP contribution is -2.18. The Morgan fingerprint density at radius 3 is 2.73 bits per heavy atom. The maximum absolute atomic E-state index is 12.1. The molecule has 5 nitrogen and oxygen atoms in total. The van der Waals surface area contributed by atoms with Gasteiger partial charge in [0.2, 0.25) is 0 Å². The van der Waals surface area contributed by atoms with E-state index in [4.69, 9.17) is 5.11 Å². The number of carboxylic acids is 1. The average Bonchev–Trinajstić information content (AvgIpc) is 2.81. The Balaban J connectivity index is 2.34. The van der Waals surface area contributed by atoms with E-state index in [1.165, 1.54) is 11.3 Å². The second kappa shape index (κ2) is 5.53. The van der Waals surface area contributed by atoms with Gasteiger partial charge in [-0.15, -0.1) is 0 Å². The number of rotatable bonds is 4. The zero-order valence-electron chi connectivity index (χ0n) is 12.4. The summed E-state index contributed by atoms with van der Waals surface area (Å²) in [5.74, 6) is -0.851. The van der Waals surface area contributed by atoms with Crippen LogP contribution in [0.5, 0.6) is 0 Å². The second-order valence-electron chi connectivity index (χ2n) is 5.14. The van der Waals surface area contributed by atoms with Gasteiger partial charge in [0.1, 0.15) is 0 Å². The van der Waals surface area contributed by atoms with Crippen molar-refractivity contribution >= 4 is 32.5 Å². The number of nitrogens with zero attached hydrogens (tertiary/aromatic N) is 2. The summed E-state index contributed by atoms with van der Waals surface area (Å²) in [7, 11) is 0. The molecule has 6 heteroatoms. The van der Waals surface area contributed by atoms with E-state index in [1.807, 2.05) is 36.4 Å². The standard InChI is InChI=1S/C16H16N2O3S/c1-3-10-11(4-2)18-12-6-5-9(8-14(19)20)7-13(12)22-16(18)17-15(10)21/h5-7H,3-4,8H2,1-2H3,(H,19,20). The van der Waals surface area contributed by atoms with Gasteiger partial charge in [-0.05, 0) is 30.5 Å². The molecular formula is C16H16N2O3S. The first-order chi connectivity index (χ1) is 10.5. The molecule has 2 heterocycles. The second-order valence-corrected chi connectivity index (χ2v) is 6.15. The number of fused-ring (bicyclic) bond motifs is 3. The first-order valence-corrected chi connectivity index (χ1v) is 8.04. The normalized spacial score (nSPS) is 11.4. The van der Waals surface area contributed by atoms with Crippen molar-refractivity contribution in [3.63, 3.8) is 0 Å². The van der Waals surface area contributed by atoms with Crippen LogP contribution >= 0.6 is 11.3 Å². The van der Waals surface area contributed by atoms with Crippen molar-refractivity contribution in [2.24, 2.45) is 0 Å². The Hall–Kier alpha value is -2.21. The molecule has 0 saturated heterocycles. The van der Waals surface area contributed by atoms with Crippen LogP contribution in [0, 0.1) is 0 Å². The molecule has 0 saturated carbocycles. The van der Waals surface area contributed by atoms with Crippen molar-refractivity contribution < 1.29 is 9.90 Å². The van der Waals surface area contributed by atoms with Crippen molar-refractivity contribution in [3.8, 4) is 0 Å². The molecule has 114 valence electrons. The Bertz CT molecular complexity index is 940. The molecule has 2 aromatic heterocycles. The molecule has 0 radical (unpaired) electrons. The Kier molecular flexibility index (Phi) is 3.70. The quantitative estimate of drug-likeness (QED) is 0.803. The summed E-state index contributed by atoms with van der Waals surface area (Å²) < 4.78 is 2.98. The largest absolute Gasteiger partial charge is 0.481 e. The number of hydrogen-bond acceptors (Lipinski definition) is 4. The van der Waals surface area contributed by atoms with Crippen LogP contribution in [0.2, 0.25) is 0 Å². The summed E-state index contributed by atoms with van der Waals surface area (Å²) in [6.07, 6.45) is 1.41. The van der Waals surface area contributed by atoms with Crippen molar-refractivity contribution in [1.29, 1.82) is 0 Å². The first-order valence-electron chi connectivity index (χ1n) is 7.22. The van der Waals surface area contributed by atoms with Gasteiger partial charge in [0.25, 0.3) is 5.56 Å². The van der Waals surface area contributed by atoms with Crippen molar-refractivity contribution in [2.45, 2.75) is 33.1 Å². The van der Waals surface area contributed by atoms with Crippen LogP contribution in [0.25, 0.3) is 15.2 Å². The minimum absolute atomic E-state index is 0.00404. The highest BCUT2D eigenvalue weighted by molar-refractivity contribution is 7.23. The minimum Gasteiger partial charge on any atom is -0.481 e. The molecule has 0 amide bonds. The van der Waals surface area contributed by atoms with E-state index in [9.17, 15) is 9.59 Å². The zero-order chi connectivity index (χ0) is 15.9. The highest BCUT2D eigenvalue weighted by atomic mass is 32.1. The molecule has 0 bridgehead atoms. The fraction of sp³-hybridized carbons (Fsp3) is 0.312. The summed E-state index contributed by atoms with van der Waals surface area (Å²) >= 11 is 1.42. The molecule has 1 N–H and O–H groups in total. The Morgan fingerprint density at radius 1 is 1.32 bits per heavy atom. The van der Waals surface area contributed by atoms with Crippen LogP contribution in [0.15, 0.2) is 23.0 Å². The van der Waals surface area contributed by atoms with Crippen molar-refractivity contribution in [3.05, 3.63) is 45.4 Å². The number of benzene rings is 1. The van der Waals surface area contributed by atoms with E-state index >= 15 is 0 Å². The lowest BCUT2D eigenvalue weighted by atomic mass is 10.1. The third kappa shape index (κ3) is 2.29. The molecule has 3 aromatic rings. The number of carboxylic acid groups (broad SMARTS) is 1. The fourth-order valence-corrected chi connectivity index (χ4v) is 3.93. The van der Waals surface area contributed by atoms with Crippen LogP contribution in [0.4, 0.5) is 0 Å². The SMILES string of the molecule is CCc1c(CC)n2c(nc1=O)sc1cc(CC(=O)O)ccc12. The maximum atomic E-state index is 12.1. The van der Waals surface area contributed by atoms with Gasteiger partial charge in [-0.3, -0.25) is 14.0 Å². The van der Waals surface area contributed by atoms with Gasteiger partial charge in [0.05, 0.1) is 16.6 Å². The predicted molar refractivity (Wildman–Crippen MR) is 86.9 cm³/mol. The van der Waals surface area contributed by atoms with Gasteiger partial charge >= 0.3 is 5.97 Å². The molecule has 3 rings (SSSR count). The Labute approximate surface area is 130 Å².